The highest BCUT2D eigenvalue weighted by Crippen LogP contribution is 2.32. The zero-order chi connectivity index (χ0) is 10.0. The number of aromatic hydroxyl groups is 1. The number of hydrogen-bond acceptors (Lipinski definition) is 2. The Morgan fingerprint density at radius 1 is 1.38 bits per heavy atom. The monoisotopic (exact) mass is 243 g/mol. The molecule has 0 spiro atoms. The van der Waals surface area contributed by atoms with E-state index in [2.05, 4.69) is 29.8 Å². The number of rotatable bonds is 2. The van der Waals surface area contributed by atoms with Gasteiger partial charge in [-0.25, -0.2) is 0 Å². The first-order valence-electron chi connectivity index (χ1n) is 4.27. The van der Waals surface area contributed by atoms with Gasteiger partial charge in [0.2, 0.25) is 0 Å². The lowest BCUT2D eigenvalue weighted by Gasteiger charge is -2.17. The summed E-state index contributed by atoms with van der Waals surface area (Å²) in [5.41, 5.74) is 6.92. The highest BCUT2D eigenvalue weighted by molar-refractivity contribution is 9.10. The predicted octanol–water partition coefficient (Wildman–Crippen LogP) is 2.81. The number of phenols is 1. The molecule has 0 heterocycles. The summed E-state index contributed by atoms with van der Waals surface area (Å²) in [6.07, 6.45) is 0. The Hall–Kier alpha value is -0.540. The van der Waals surface area contributed by atoms with Crippen molar-refractivity contribution in [2.45, 2.75) is 19.9 Å². The van der Waals surface area contributed by atoms with Gasteiger partial charge < -0.3 is 10.8 Å². The first-order chi connectivity index (χ1) is 6.04. The summed E-state index contributed by atoms with van der Waals surface area (Å²) in [4.78, 5) is 0. The normalized spacial score (nSPS) is 13.3. The van der Waals surface area contributed by atoms with Crippen molar-refractivity contribution in [2.24, 2.45) is 11.7 Å². The van der Waals surface area contributed by atoms with Crippen LogP contribution < -0.4 is 5.73 Å². The number of nitrogens with two attached hydrogens (primary N) is 1. The van der Waals surface area contributed by atoms with E-state index in [1.807, 2.05) is 6.07 Å². The molecule has 1 rings (SSSR count). The van der Waals surface area contributed by atoms with Crippen LogP contribution in [0.4, 0.5) is 0 Å². The molecule has 0 unspecified atom stereocenters. The quantitative estimate of drug-likeness (QED) is 0.840. The molecule has 0 aliphatic rings. The van der Waals surface area contributed by atoms with Crippen molar-refractivity contribution in [1.82, 2.24) is 0 Å². The second-order valence-corrected chi connectivity index (χ2v) is 4.24. The van der Waals surface area contributed by atoms with Gasteiger partial charge >= 0.3 is 0 Å². The zero-order valence-electron chi connectivity index (χ0n) is 7.79. The van der Waals surface area contributed by atoms with Crippen LogP contribution in [0.15, 0.2) is 22.7 Å². The van der Waals surface area contributed by atoms with E-state index in [0.29, 0.717) is 10.4 Å². The average Bonchev–Trinajstić information content (AvgIpc) is 2.08. The Morgan fingerprint density at radius 2 is 2.00 bits per heavy atom. The van der Waals surface area contributed by atoms with Gasteiger partial charge in [0.1, 0.15) is 5.75 Å². The van der Waals surface area contributed by atoms with Crippen LogP contribution in [0, 0.1) is 5.92 Å². The Balaban J connectivity index is 3.07. The number of benzene rings is 1. The molecular formula is C10H14BrNO. The molecule has 0 radical (unpaired) electrons. The summed E-state index contributed by atoms with van der Waals surface area (Å²) < 4.78 is 0.705. The minimum Gasteiger partial charge on any atom is -0.507 e. The number of phenolic OH excluding ortho intramolecular Hbond substituents is 1. The van der Waals surface area contributed by atoms with Gasteiger partial charge in [-0.1, -0.05) is 26.0 Å². The van der Waals surface area contributed by atoms with Gasteiger partial charge in [-0.2, -0.15) is 0 Å². The van der Waals surface area contributed by atoms with Crippen LogP contribution in [0.1, 0.15) is 25.5 Å². The van der Waals surface area contributed by atoms with E-state index in [9.17, 15) is 5.11 Å². The SMILES string of the molecule is CC(C)[C@H](N)c1cccc(O)c1Br. The molecule has 3 N–H and O–H groups in total. The van der Waals surface area contributed by atoms with Gasteiger partial charge in [-0.05, 0) is 33.5 Å². The topological polar surface area (TPSA) is 46.2 Å². The first-order valence-corrected chi connectivity index (χ1v) is 5.06. The summed E-state index contributed by atoms with van der Waals surface area (Å²) in [7, 11) is 0. The number of hydrogen-bond donors (Lipinski definition) is 2. The van der Waals surface area contributed by atoms with E-state index in [-0.39, 0.29) is 11.8 Å². The lowest BCUT2D eigenvalue weighted by Crippen LogP contribution is -2.17. The second-order valence-electron chi connectivity index (χ2n) is 3.45. The van der Waals surface area contributed by atoms with Crippen molar-refractivity contribution in [3.8, 4) is 5.75 Å². The van der Waals surface area contributed by atoms with Crippen molar-refractivity contribution >= 4 is 15.9 Å². The van der Waals surface area contributed by atoms with E-state index < -0.39 is 0 Å². The molecule has 0 saturated carbocycles. The van der Waals surface area contributed by atoms with Gasteiger partial charge in [0, 0.05) is 6.04 Å². The van der Waals surface area contributed by atoms with Crippen molar-refractivity contribution < 1.29 is 5.11 Å². The van der Waals surface area contributed by atoms with Gasteiger partial charge in [0.25, 0.3) is 0 Å². The van der Waals surface area contributed by atoms with Crippen molar-refractivity contribution in [3.05, 3.63) is 28.2 Å². The largest absolute Gasteiger partial charge is 0.507 e. The van der Waals surface area contributed by atoms with Gasteiger partial charge in [0.05, 0.1) is 4.47 Å². The summed E-state index contributed by atoms with van der Waals surface area (Å²) >= 11 is 3.32. The lowest BCUT2D eigenvalue weighted by molar-refractivity contribution is 0.464. The van der Waals surface area contributed by atoms with E-state index >= 15 is 0 Å². The van der Waals surface area contributed by atoms with Crippen molar-refractivity contribution in [3.63, 3.8) is 0 Å². The van der Waals surface area contributed by atoms with Crippen LogP contribution in [0.25, 0.3) is 0 Å². The fraction of sp³-hybridized carbons (Fsp3) is 0.400. The molecule has 2 nitrogen and oxygen atoms in total. The standard InChI is InChI=1S/C10H14BrNO/c1-6(2)10(12)7-4-3-5-8(13)9(7)11/h3-6,10,13H,12H2,1-2H3/t10-/m0/s1. The van der Waals surface area contributed by atoms with Crippen LogP contribution in [-0.4, -0.2) is 5.11 Å². The molecule has 3 heteroatoms. The summed E-state index contributed by atoms with van der Waals surface area (Å²) in [5, 5.41) is 9.43. The first kappa shape index (κ1) is 10.5. The second kappa shape index (κ2) is 4.11. The van der Waals surface area contributed by atoms with Crippen LogP contribution in [0.2, 0.25) is 0 Å². The molecule has 1 aromatic rings. The number of halogens is 1. The highest BCUT2D eigenvalue weighted by Gasteiger charge is 2.14. The molecule has 13 heavy (non-hydrogen) atoms. The smallest absolute Gasteiger partial charge is 0.130 e. The van der Waals surface area contributed by atoms with Crippen LogP contribution in [0.5, 0.6) is 5.75 Å². The van der Waals surface area contributed by atoms with E-state index in [4.69, 9.17) is 5.73 Å². The fourth-order valence-electron chi connectivity index (χ4n) is 1.15. The van der Waals surface area contributed by atoms with Gasteiger partial charge in [-0.3, -0.25) is 0 Å². The lowest BCUT2D eigenvalue weighted by atomic mass is 9.97. The summed E-state index contributed by atoms with van der Waals surface area (Å²) in [6, 6.07) is 5.33. The molecule has 1 atom stereocenters. The molecule has 0 saturated heterocycles. The third-order valence-electron chi connectivity index (χ3n) is 2.09. The highest BCUT2D eigenvalue weighted by atomic mass is 79.9. The molecule has 0 bridgehead atoms. The zero-order valence-corrected chi connectivity index (χ0v) is 9.38. The molecular weight excluding hydrogens is 230 g/mol. The summed E-state index contributed by atoms with van der Waals surface area (Å²) in [6.45, 7) is 4.11. The predicted molar refractivity (Wildman–Crippen MR) is 57.6 cm³/mol. The van der Waals surface area contributed by atoms with Gasteiger partial charge in [0.15, 0.2) is 0 Å². The molecule has 1 aromatic carbocycles. The summed E-state index contributed by atoms with van der Waals surface area (Å²) in [5.74, 6) is 0.603. The van der Waals surface area contributed by atoms with E-state index in [1.54, 1.807) is 12.1 Å². The third-order valence-corrected chi connectivity index (χ3v) is 2.95. The van der Waals surface area contributed by atoms with Crippen LogP contribution in [0.3, 0.4) is 0 Å². The Morgan fingerprint density at radius 3 is 2.54 bits per heavy atom. The molecule has 0 aliphatic heterocycles. The maximum absolute atomic E-state index is 9.43. The van der Waals surface area contributed by atoms with E-state index in [0.717, 1.165) is 5.56 Å². The minimum absolute atomic E-state index is 0.0403. The fourth-order valence-corrected chi connectivity index (χ4v) is 1.68. The Bertz CT molecular complexity index is 299. The van der Waals surface area contributed by atoms with Crippen molar-refractivity contribution in [1.29, 1.82) is 0 Å². The molecule has 0 amide bonds. The van der Waals surface area contributed by atoms with E-state index in [1.165, 1.54) is 0 Å². The Labute approximate surface area is 86.9 Å². The molecule has 0 aromatic heterocycles. The molecule has 0 aliphatic carbocycles. The average molecular weight is 244 g/mol. The Kier molecular flexibility index (Phi) is 3.33. The minimum atomic E-state index is -0.0403. The maximum Gasteiger partial charge on any atom is 0.130 e. The van der Waals surface area contributed by atoms with Crippen molar-refractivity contribution in [2.75, 3.05) is 0 Å². The van der Waals surface area contributed by atoms with Gasteiger partial charge in [-0.15, -0.1) is 0 Å². The molecule has 0 fully saturated rings. The third kappa shape index (κ3) is 2.23. The van der Waals surface area contributed by atoms with Crippen LogP contribution in [-0.2, 0) is 0 Å². The van der Waals surface area contributed by atoms with Crippen LogP contribution >= 0.6 is 15.9 Å². The molecule has 72 valence electrons. The maximum atomic E-state index is 9.43.